The van der Waals surface area contributed by atoms with Crippen LogP contribution in [0.1, 0.15) is 35.1 Å². The Morgan fingerprint density at radius 2 is 1.78 bits per heavy atom. The number of rotatable bonds is 5. The summed E-state index contributed by atoms with van der Waals surface area (Å²) in [5.41, 5.74) is 3.21. The first kappa shape index (κ1) is 21.9. The highest BCUT2D eigenvalue weighted by molar-refractivity contribution is 6.12. The minimum atomic E-state index is -0.748. The number of halogens is 2. The lowest BCUT2D eigenvalue weighted by atomic mass is 10.0. The Hall–Kier alpha value is -3.32. The van der Waals surface area contributed by atoms with E-state index in [1.54, 1.807) is 12.3 Å². The molecule has 2 aromatic carbocycles. The number of oxime groups is 1. The van der Waals surface area contributed by atoms with Crippen LogP contribution in [0.2, 0.25) is 0 Å². The number of aryl methyl sites for hydroxylation is 2. The van der Waals surface area contributed by atoms with E-state index in [1.807, 2.05) is 32.0 Å². The summed E-state index contributed by atoms with van der Waals surface area (Å²) in [6.07, 6.45) is 3.10. The van der Waals surface area contributed by atoms with Crippen LogP contribution in [0.15, 0.2) is 64.7 Å². The van der Waals surface area contributed by atoms with Gasteiger partial charge < -0.3 is 10.2 Å². The van der Waals surface area contributed by atoms with E-state index in [-0.39, 0.29) is 22.9 Å². The van der Waals surface area contributed by atoms with Crippen LogP contribution in [0.4, 0.5) is 8.78 Å². The van der Waals surface area contributed by atoms with Gasteiger partial charge in [-0.05, 0) is 69.1 Å². The van der Waals surface area contributed by atoms with Crippen LogP contribution in [0.5, 0.6) is 0 Å². The van der Waals surface area contributed by atoms with E-state index in [2.05, 4.69) is 10.5 Å². The van der Waals surface area contributed by atoms with Crippen molar-refractivity contribution in [3.05, 3.63) is 99.0 Å². The average molecular weight is 437 g/mol. The van der Waals surface area contributed by atoms with Gasteiger partial charge in [0.05, 0.1) is 5.69 Å². The number of hydrogen-bond donors (Lipinski definition) is 1. The van der Waals surface area contributed by atoms with E-state index in [9.17, 15) is 13.6 Å². The largest absolute Gasteiger partial charge is 0.392 e. The lowest BCUT2D eigenvalue weighted by Crippen LogP contribution is -2.31. The highest BCUT2D eigenvalue weighted by atomic mass is 19.1. The van der Waals surface area contributed by atoms with Crippen LogP contribution in [-0.4, -0.2) is 29.5 Å². The third-order valence-corrected chi connectivity index (χ3v) is 5.63. The van der Waals surface area contributed by atoms with Gasteiger partial charge in [0.25, 0.3) is 5.56 Å². The molecule has 3 aromatic rings. The van der Waals surface area contributed by atoms with Gasteiger partial charge in [-0.25, -0.2) is 8.78 Å². The summed E-state index contributed by atoms with van der Waals surface area (Å²) in [6, 6.07) is 12.1. The standard InChI is InChI=1S/C25H25F2N3O2/c1-16-4-3-5-17(2)25(16)30-15-18(6-9-23(30)31)24(21-8-7-19(26)14-22(21)27)29-32-20-10-12-28-13-11-20/h3-9,14-15,20,28H,10-13H2,1-2H3/b29-24-. The summed E-state index contributed by atoms with van der Waals surface area (Å²) >= 11 is 0. The van der Waals surface area contributed by atoms with Gasteiger partial charge in [0.15, 0.2) is 0 Å². The van der Waals surface area contributed by atoms with Crippen molar-refractivity contribution in [2.45, 2.75) is 32.8 Å². The molecule has 1 aliphatic heterocycles. The summed E-state index contributed by atoms with van der Waals surface area (Å²) in [4.78, 5) is 18.5. The van der Waals surface area contributed by atoms with Gasteiger partial charge in [-0.1, -0.05) is 23.4 Å². The molecule has 5 nitrogen and oxygen atoms in total. The molecule has 0 amide bonds. The highest BCUT2D eigenvalue weighted by Crippen LogP contribution is 2.21. The number of aromatic nitrogens is 1. The lowest BCUT2D eigenvalue weighted by molar-refractivity contribution is 0.0378. The maximum absolute atomic E-state index is 14.7. The molecule has 0 atom stereocenters. The van der Waals surface area contributed by atoms with Crippen molar-refractivity contribution in [1.29, 1.82) is 0 Å². The highest BCUT2D eigenvalue weighted by Gasteiger charge is 2.19. The van der Waals surface area contributed by atoms with Gasteiger partial charge >= 0.3 is 0 Å². The molecule has 1 aromatic heterocycles. The van der Waals surface area contributed by atoms with E-state index in [1.165, 1.54) is 22.8 Å². The number of nitrogens with zero attached hydrogens (tertiary/aromatic N) is 2. The van der Waals surface area contributed by atoms with Crippen molar-refractivity contribution in [2.24, 2.45) is 5.16 Å². The third-order valence-electron chi connectivity index (χ3n) is 5.63. The predicted molar refractivity (Wildman–Crippen MR) is 120 cm³/mol. The van der Waals surface area contributed by atoms with Crippen LogP contribution < -0.4 is 10.9 Å². The number of benzene rings is 2. The Bertz CT molecular complexity index is 1190. The lowest BCUT2D eigenvalue weighted by Gasteiger charge is -2.21. The zero-order valence-electron chi connectivity index (χ0n) is 18.1. The van der Waals surface area contributed by atoms with E-state index >= 15 is 0 Å². The van der Waals surface area contributed by atoms with E-state index in [4.69, 9.17) is 4.84 Å². The fraction of sp³-hybridized carbons (Fsp3) is 0.280. The van der Waals surface area contributed by atoms with Crippen molar-refractivity contribution < 1.29 is 13.6 Å². The monoisotopic (exact) mass is 437 g/mol. The Labute approximate surface area is 185 Å². The normalized spacial score (nSPS) is 15.1. The van der Waals surface area contributed by atoms with Gasteiger partial charge in [0.2, 0.25) is 0 Å². The van der Waals surface area contributed by atoms with E-state index in [0.29, 0.717) is 5.56 Å². The van der Waals surface area contributed by atoms with Gasteiger partial charge in [-0.3, -0.25) is 9.36 Å². The molecule has 7 heteroatoms. The summed E-state index contributed by atoms with van der Waals surface area (Å²) in [5, 5.41) is 7.55. The Kier molecular flexibility index (Phi) is 6.46. The van der Waals surface area contributed by atoms with Crippen molar-refractivity contribution >= 4 is 5.71 Å². The summed E-state index contributed by atoms with van der Waals surface area (Å²) in [6.45, 7) is 5.49. The molecule has 1 aliphatic rings. The average Bonchev–Trinajstić information content (AvgIpc) is 2.77. The second kappa shape index (κ2) is 9.44. The van der Waals surface area contributed by atoms with Gasteiger partial charge in [-0.15, -0.1) is 0 Å². The Morgan fingerprint density at radius 1 is 1.06 bits per heavy atom. The summed E-state index contributed by atoms with van der Waals surface area (Å²) < 4.78 is 29.8. The number of hydrogen-bond acceptors (Lipinski definition) is 4. The minimum Gasteiger partial charge on any atom is -0.392 e. The number of piperidine rings is 1. The third kappa shape index (κ3) is 4.62. The van der Waals surface area contributed by atoms with E-state index < -0.39 is 11.6 Å². The minimum absolute atomic E-state index is 0.0979. The first-order chi connectivity index (χ1) is 15.4. The van der Waals surface area contributed by atoms with E-state index in [0.717, 1.165) is 48.8 Å². The number of pyridine rings is 1. The number of para-hydroxylation sites is 1. The molecule has 0 bridgehead atoms. The van der Waals surface area contributed by atoms with Gasteiger partial charge in [0.1, 0.15) is 23.5 Å². The molecule has 0 unspecified atom stereocenters. The van der Waals surface area contributed by atoms with Crippen molar-refractivity contribution in [3.8, 4) is 5.69 Å². The van der Waals surface area contributed by atoms with Crippen molar-refractivity contribution in [2.75, 3.05) is 13.1 Å². The predicted octanol–water partition coefficient (Wildman–Crippen LogP) is 4.25. The molecular formula is C25H25F2N3O2. The van der Waals surface area contributed by atoms with Crippen LogP contribution in [0.25, 0.3) is 5.69 Å². The topological polar surface area (TPSA) is 55.6 Å². The molecule has 0 saturated carbocycles. The molecule has 0 radical (unpaired) electrons. The first-order valence-corrected chi connectivity index (χ1v) is 10.6. The Balaban J connectivity index is 1.83. The number of nitrogens with one attached hydrogen (secondary N) is 1. The summed E-state index contributed by atoms with van der Waals surface area (Å²) in [7, 11) is 0. The van der Waals surface area contributed by atoms with Crippen molar-refractivity contribution in [1.82, 2.24) is 9.88 Å². The van der Waals surface area contributed by atoms with Crippen LogP contribution >= 0.6 is 0 Å². The van der Waals surface area contributed by atoms with Crippen molar-refractivity contribution in [3.63, 3.8) is 0 Å². The maximum atomic E-state index is 14.7. The molecule has 2 heterocycles. The SMILES string of the molecule is Cc1cccc(C)c1-n1cc(/C(=N/OC2CCNCC2)c2ccc(F)cc2F)ccc1=O. The van der Waals surface area contributed by atoms with Crippen LogP contribution in [-0.2, 0) is 4.84 Å². The smallest absolute Gasteiger partial charge is 0.255 e. The van der Waals surface area contributed by atoms with Gasteiger partial charge in [-0.2, -0.15) is 0 Å². The zero-order valence-corrected chi connectivity index (χ0v) is 18.1. The van der Waals surface area contributed by atoms with Crippen LogP contribution in [0.3, 0.4) is 0 Å². The molecule has 166 valence electrons. The molecule has 4 rings (SSSR count). The zero-order chi connectivity index (χ0) is 22.7. The maximum Gasteiger partial charge on any atom is 0.255 e. The molecule has 1 N–H and O–H groups in total. The fourth-order valence-corrected chi connectivity index (χ4v) is 3.95. The molecule has 1 fully saturated rings. The molecule has 32 heavy (non-hydrogen) atoms. The fourth-order valence-electron chi connectivity index (χ4n) is 3.95. The second-order valence-electron chi connectivity index (χ2n) is 7.99. The van der Waals surface area contributed by atoms with Gasteiger partial charge in [0, 0.05) is 29.5 Å². The molecular weight excluding hydrogens is 412 g/mol. The first-order valence-electron chi connectivity index (χ1n) is 10.6. The molecule has 0 spiro atoms. The Morgan fingerprint density at radius 3 is 2.47 bits per heavy atom. The molecule has 0 aliphatic carbocycles. The summed E-state index contributed by atoms with van der Waals surface area (Å²) in [5.74, 6) is -1.42. The second-order valence-corrected chi connectivity index (χ2v) is 7.99. The quantitative estimate of drug-likeness (QED) is 0.480. The molecule has 1 saturated heterocycles. The van der Waals surface area contributed by atoms with Crippen LogP contribution in [0, 0.1) is 25.5 Å².